The van der Waals surface area contributed by atoms with Crippen LogP contribution in [0.25, 0.3) is 0 Å². The van der Waals surface area contributed by atoms with Crippen molar-refractivity contribution in [2.24, 2.45) is 15.4 Å². The molecule has 262 valence electrons. The molecule has 0 amide bonds. The quantitative estimate of drug-likeness (QED) is 0.119. The molecule has 0 unspecified atom stereocenters. The number of aromatic hydroxyl groups is 2. The number of para-hydroxylation sites is 4. The Morgan fingerprint density at radius 3 is 1.06 bits per heavy atom. The maximum atomic E-state index is 11.0. The zero-order chi connectivity index (χ0) is 36.8. The average molecular weight is 861 g/mol. The van der Waals surface area contributed by atoms with E-state index in [9.17, 15) is 10.2 Å². The molecular weight excluding hydrogens is 820 g/mol. The topological polar surface area (TPSA) is 106 Å². The second-order valence-corrected chi connectivity index (χ2v) is 13.2. The van der Waals surface area contributed by atoms with Gasteiger partial charge in [0.15, 0.2) is 0 Å². The van der Waals surface area contributed by atoms with E-state index >= 15 is 0 Å². The number of phenolic OH excluding ortho intramolecular Hbond substituents is 2. The Morgan fingerprint density at radius 2 is 0.788 bits per heavy atom. The van der Waals surface area contributed by atoms with E-state index < -0.39 is 18.5 Å². The van der Waals surface area contributed by atoms with Crippen molar-refractivity contribution in [3.05, 3.63) is 169 Å². The van der Waals surface area contributed by atoms with Crippen molar-refractivity contribution in [3.63, 3.8) is 0 Å². The van der Waals surface area contributed by atoms with Crippen LogP contribution in [0.5, 0.6) is 11.5 Å². The summed E-state index contributed by atoms with van der Waals surface area (Å²) in [5.41, 5.74) is 6.77. The van der Waals surface area contributed by atoms with Crippen LogP contribution in [-0.2, 0) is 25.3 Å². The van der Waals surface area contributed by atoms with Crippen LogP contribution in [0.1, 0.15) is 25.0 Å². The minimum atomic E-state index is -2.25. The third kappa shape index (κ3) is 10.1. The molecule has 0 aliphatic heterocycles. The number of anilines is 6. The summed E-state index contributed by atoms with van der Waals surface area (Å²) in [5.74, 6) is 0.317. The SMILES string of the molecule is CC(C)(CN=Cc1ccc(N(c2ccccc2)c2ccccc2)cc1O)CN=Cc1ccc(N(c2ccccc2)c2ccccc2)cc1O.[O]=[W]=[O]. The van der Waals surface area contributed by atoms with E-state index in [-0.39, 0.29) is 16.9 Å². The second kappa shape index (κ2) is 18.4. The van der Waals surface area contributed by atoms with Gasteiger partial charge in [0.05, 0.1) is 0 Å². The predicted molar refractivity (Wildman–Crippen MR) is 206 cm³/mol. The Labute approximate surface area is 313 Å². The van der Waals surface area contributed by atoms with E-state index in [0.29, 0.717) is 24.2 Å². The molecule has 0 saturated carbocycles. The molecule has 6 aromatic rings. The number of aliphatic imine (C=N–C) groups is 2. The molecule has 0 radical (unpaired) electrons. The van der Waals surface area contributed by atoms with E-state index in [0.717, 1.165) is 34.1 Å². The summed E-state index contributed by atoms with van der Waals surface area (Å²) in [6, 6.07) is 51.7. The van der Waals surface area contributed by atoms with Crippen LogP contribution in [0.15, 0.2) is 168 Å². The van der Waals surface area contributed by atoms with Gasteiger partial charge in [-0.05, 0) is 72.8 Å². The first-order valence-corrected chi connectivity index (χ1v) is 19.1. The summed E-state index contributed by atoms with van der Waals surface area (Å²) < 4.78 is 17.1. The van der Waals surface area contributed by atoms with Crippen LogP contribution in [0.2, 0.25) is 0 Å². The molecule has 0 aliphatic carbocycles. The minimum absolute atomic E-state index is 0.158. The first-order valence-electron chi connectivity index (χ1n) is 16.7. The van der Waals surface area contributed by atoms with Crippen LogP contribution in [-0.4, -0.2) is 35.7 Å². The van der Waals surface area contributed by atoms with Crippen molar-refractivity contribution < 1.29 is 35.5 Å². The van der Waals surface area contributed by atoms with E-state index in [1.807, 2.05) is 146 Å². The number of nitrogens with zero attached hydrogens (tertiary/aromatic N) is 4. The van der Waals surface area contributed by atoms with E-state index in [1.165, 1.54) is 0 Å². The summed E-state index contributed by atoms with van der Waals surface area (Å²) in [6.45, 7) is 5.23. The fourth-order valence-corrected chi connectivity index (χ4v) is 5.60. The standard InChI is InChI=1S/C43H40N4O2.2O.W/c1-43(2,31-44-29-33-23-25-39(27-41(33)48)46(35-15-7-3-8-16-35)36-17-9-4-10-18-36)32-45-30-34-24-26-40(28-42(34)49)47(37-19-11-5-12-20-37)38-21-13-6-14-22-38;;;/h3-30,48-49H,31-32H2,1-2H3;;;. The molecule has 2 N–H and O–H groups in total. The van der Waals surface area contributed by atoms with Gasteiger partial charge in [-0.15, -0.1) is 0 Å². The summed E-state index contributed by atoms with van der Waals surface area (Å²) in [5, 5.41) is 21.9. The van der Waals surface area contributed by atoms with Crippen molar-refractivity contribution in [2.75, 3.05) is 22.9 Å². The molecule has 0 fully saturated rings. The molecular formula is C43H40N4O4W. The van der Waals surface area contributed by atoms with Crippen LogP contribution < -0.4 is 9.80 Å². The Kier molecular flexibility index (Phi) is 13.2. The first kappa shape index (κ1) is 37.4. The van der Waals surface area contributed by atoms with Gasteiger partial charge in [0, 0.05) is 88.3 Å². The summed E-state index contributed by atoms with van der Waals surface area (Å²) >= 11 is -2.25. The van der Waals surface area contributed by atoms with Gasteiger partial charge >= 0.3 is 25.3 Å². The normalized spacial score (nSPS) is 11.2. The number of phenols is 2. The number of hydrogen-bond acceptors (Lipinski definition) is 8. The summed E-state index contributed by atoms with van der Waals surface area (Å²) in [6.07, 6.45) is 3.44. The van der Waals surface area contributed by atoms with E-state index in [1.54, 1.807) is 24.6 Å². The Bertz CT molecular complexity index is 1900. The Morgan fingerprint density at radius 1 is 0.500 bits per heavy atom. The average Bonchev–Trinajstić information content (AvgIpc) is 3.16. The Hall–Kier alpha value is -5.85. The number of rotatable bonds is 12. The van der Waals surface area contributed by atoms with Gasteiger partial charge in [-0.2, -0.15) is 0 Å². The summed E-state index contributed by atoms with van der Waals surface area (Å²) in [4.78, 5) is 13.6. The van der Waals surface area contributed by atoms with Gasteiger partial charge in [0.2, 0.25) is 0 Å². The van der Waals surface area contributed by atoms with Crippen molar-refractivity contribution >= 4 is 46.6 Å². The van der Waals surface area contributed by atoms with Crippen molar-refractivity contribution in [2.45, 2.75) is 13.8 Å². The number of benzene rings is 6. The molecule has 52 heavy (non-hydrogen) atoms. The van der Waals surface area contributed by atoms with Gasteiger partial charge in [-0.25, -0.2) is 0 Å². The van der Waals surface area contributed by atoms with Crippen LogP contribution in [0.3, 0.4) is 0 Å². The fraction of sp³-hybridized carbons (Fsp3) is 0.116. The summed E-state index contributed by atoms with van der Waals surface area (Å²) in [7, 11) is 0. The zero-order valence-electron chi connectivity index (χ0n) is 29.0. The third-order valence-electron chi connectivity index (χ3n) is 8.10. The molecule has 6 rings (SSSR count). The maximum absolute atomic E-state index is 11.0. The van der Waals surface area contributed by atoms with Crippen LogP contribution >= 0.6 is 0 Å². The molecule has 8 nitrogen and oxygen atoms in total. The molecule has 0 spiro atoms. The molecule has 6 aromatic carbocycles. The van der Waals surface area contributed by atoms with Crippen LogP contribution in [0, 0.1) is 5.41 Å². The van der Waals surface area contributed by atoms with Gasteiger partial charge in [-0.1, -0.05) is 86.6 Å². The van der Waals surface area contributed by atoms with Crippen molar-refractivity contribution in [1.82, 2.24) is 0 Å². The monoisotopic (exact) mass is 860 g/mol. The molecule has 0 aromatic heterocycles. The van der Waals surface area contributed by atoms with Gasteiger partial charge < -0.3 is 20.0 Å². The van der Waals surface area contributed by atoms with Crippen molar-refractivity contribution in [1.29, 1.82) is 0 Å². The van der Waals surface area contributed by atoms with Gasteiger partial charge in [0.1, 0.15) is 11.5 Å². The van der Waals surface area contributed by atoms with Gasteiger partial charge in [-0.3, -0.25) is 9.98 Å². The fourth-order valence-electron chi connectivity index (χ4n) is 5.60. The molecule has 0 atom stereocenters. The molecule has 0 heterocycles. The Balaban J connectivity index is 0.00000168. The molecule has 9 heteroatoms. The molecule has 0 aliphatic rings. The third-order valence-corrected chi connectivity index (χ3v) is 8.10. The number of hydrogen-bond donors (Lipinski definition) is 2. The first-order chi connectivity index (χ1) is 25.3. The van der Waals surface area contributed by atoms with Crippen LogP contribution in [0.4, 0.5) is 34.1 Å². The zero-order valence-corrected chi connectivity index (χ0v) is 31.9. The van der Waals surface area contributed by atoms with E-state index in [4.69, 9.17) is 6.80 Å². The van der Waals surface area contributed by atoms with Gasteiger partial charge in [0.25, 0.3) is 0 Å². The predicted octanol–water partition coefficient (Wildman–Crippen LogP) is 10.4. The van der Waals surface area contributed by atoms with E-state index in [2.05, 4.69) is 33.6 Å². The second-order valence-electron chi connectivity index (χ2n) is 12.7. The molecule has 0 saturated heterocycles. The van der Waals surface area contributed by atoms with Crippen molar-refractivity contribution in [3.8, 4) is 11.5 Å². The molecule has 0 bridgehead atoms.